The van der Waals surface area contributed by atoms with E-state index < -0.39 is 5.97 Å². The van der Waals surface area contributed by atoms with Crippen molar-refractivity contribution >= 4 is 11.8 Å². The molecule has 1 aromatic heterocycles. The normalized spacial score (nSPS) is 10.3. The quantitative estimate of drug-likeness (QED) is 0.755. The Hall–Kier alpha value is -3.21. The van der Waals surface area contributed by atoms with Gasteiger partial charge in [-0.2, -0.15) is 0 Å². The minimum absolute atomic E-state index is 0.0329. The summed E-state index contributed by atoms with van der Waals surface area (Å²) in [6, 6.07) is 20.6. The van der Waals surface area contributed by atoms with Gasteiger partial charge in [0.05, 0.1) is 0 Å². The van der Waals surface area contributed by atoms with Gasteiger partial charge >= 0.3 is 5.97 Å². The molecule has 0 aliphatic carbocycles. The topological polar surface area (TPSA) is 75.1 Å². The monoisotopic (exact) mass is 305 g/mol. The highest BCUT2D eigenvalue weighted by atomic mass is 16.4. The summed E-state index contributed by atoms with van der Waals surface area (Å²) in [7, 11) is 0. The summed E-state index contributed by atoms with van der Waals surface area (Å²) in [4.78, 5) is 19.8. The molecule has 23 heavy (non-hydrogen) atoms. The molecule has 0 aliphatic heterocycles. The summed E-state index contributed by atoms with van der Waals surface area (Å²) in [5.74, 6) is -0.200. The molecule has 5 heteroatoms. The summed E-state index contributed by atoms with van der Waals surface area (Å²) in [5.41, 5.74) is 1.83. The van der Waals surface area contributed by atoms with Gasteiger partial charge in [0.1, 0.15) is 5.82 Å². The highest BCUT2D eigenvalue weighted by Crippen LogP contribution is 2.18. The summed E-state index contributed by atoms with van der Waals surface area (Å²) >= 11 is 0. The van der Waals surface area contributed by atoms with E-state index in [0.717, 1.165) is 11.1 Å². The molecule has 5 nitrogen and oxygen atoms in total. The van der Waals surface area contributed by atoms with E-state index in [2.05, 4.69) is 15.3 Å². The Balaban J connectivity index is 1.90. The van der Waals surface area contributed by atoms with Crippen molar-refractivity contribution in [1.82, 2.24) is 9.97 Å². The Bertz CT molecular complexity index is 805. The Morgan fingerprint density at radius 1 is 0.957 bits per heavy atom. The third-order valence-corrected chi connectivity index (χ3v) is 3.29. The maximum atomic E-state index is 11.3. The second-order valence-electron chi connectivity index (χ2n) is 4.97. The van der Waals surface area contributed by atoms with Crippen LogP contribution in [0.5, 0.6) is 0 Å². The van der Waals surface area contributed by atoms with Gasteiger partial charge in [-0.3, -0.25) is 0 Å². The van der Waals surface area contributed by atoms with Crippen molar-refractivity contribution in [2.75, 3.05) is 5.32 Å². The number of benzene rings is 2. The minimum Gasteiger partial charge on any atom is -0.477 e. The SMILES string of the molecule is O=C(O)c1cc(NCc2ccccc2)nc(-c2ccccc2)n1. The van der Waals surface area contributed by atoms with Crippen molar-refractivity contribution in [2.24, 2.45) is 0 Å². The molecule has 0 unspecified atom stereocenters. The molecule has 0 aliphatic rings. The zero-order valence-electron chi connectivity index (χ0n) is 12.3. The van der Waals surface area contributed by atoms with Crippen molar-refractivity contribution < 1.29 is 9.90 Å². The molecule has 0 bridgehead atoms. The van der Waals surface area contributed by atoms with Gasteiger partial charge in [-0.25, -0.2) is 14.8 Å². The number of carboxylic acid groups (broad SMARTS) is 1. The first kappa shape index (κ1) is 14.7. The summed E-state index contributed by atoms with van der Waals surface area (Å²) in [5, 5.41) is 12.4. The van der Waals surface area contributed by atoms with Crippen LogP contribution < -0.4 is 5.32 Å². The molecule has 114 valence electrons. The Kier molecular flexibility index (Phi) is 4.29. The van der Waals surface area contributed by atoms with Crippen molar-refractivity contribution in [3.05, 3.63) is 78.0 Å². The Morgan fingerprint density at radius 3 is 2.26 bits per heavy atom. The molecule has 0 amide bonds. The lowest BCUT2D eigenvalue weighted by atomic mass is 10.2. The number of nitrogens with zero attached hydrogens (tertiary/aromatic N) is 2. The number of hydrogen-bond acceptors (Lipinski definition) is 4. The molecule has 0 saturated heterocycles. The lowest BCUT2D eigenvalue weighted by molar-refractivity contribution is 0.0690. The third-order valence-electron chi connectivity index (χ3n) is 3.29. The molecule has 0 fully saturated rings. The number of aromatic carboxylic acids is 1. The second-order valence-corrected chi connectivity index (χ2v) is 4.97. The van der Waals surface area contributed by atoms with E-state index in [4.69, 9.17) is 0 Å². The maximum Gasteiger partial charge on any atom is 0.354 e. The van der Waals surface area contributed by atoms with Crippen LogP contribution in [0.3, 0.4) is 0 Å². The zero-order valence-corrected chi connectivity index (χ0v) is 12.3. The van der Waals surface area contributed by atoms with Gasteiger partial charge < -0.3 is 10.4 Å². The predicted octanol–water partition coefficient (Wildman–Crippen LogP) is 3.45. The van der Waals surface area contributed by atoms with Gasteiger partial charge in [0, 0.05) is 18.2 Å². The van der Waals surface area contributed by atoms with Crippen LogP contribution in [-0.4, -0.2) is 21.0 Å². The van der Waals surface area contributed by atoms with E-state index in [-0.39, 0.29) is 5.69 Å². The molecule has 0 saturated carbocycles. The molecule has 0 spiro atoms. The maximum absolute atomic E-state index is 11.3. The predicted molar refractivity (Wildman–Crippen MR) is 88.2 cm³/mol. The number of anilines is 1. The fraction of sp³-hybridized carbons (Fsp3) is 0.0556. The van der Waals surface area contributed by atoms with Crippen LogP contribution in [-0.2, 0) is 6.54 Å². The van der Waals surface area contributed by atoms with Crippen LogP contribution in [0.25, 0.3) is 11.4 Å². The highest BCUT2D eigenvalue weighted by Gasteiger charge is 2.11. The van der Waals surface area contributed by atoms with E-state index >= 15 is 0 Å². The second kappa shape index (κ2) is 6.70. The average Bonchev–Trinajstić information content (AvgIpc) is 2.61. The molecular formula is C18H15N3O2. The number of aromatic nitrogens is 2. The van der Waals surface area contributed by atoms with Gasteiger partial charge in [-0.15, -0.1) is 0 Å². The van der Waals surface area contributed by atoms with E-state index in [9.17, 15) is 9.90 Å². The number of hydrogen-bond donors (Lipinski definition) is 2. The first-order valence-electron chi connectivity index (χ1n) is 7.18. The van der Waals surface area contributed by atoms with E-state index in [1.54, 1.807) is 0 Å². The molecule has 2 N–H and O–H groups in total. The summed E-state index contributed by atoms with van der Waals surface area (Å²) in [6.45, 7) is 0.561. The van der Waals surface area contributed by atoms with Crippen LogP contribution in [0.4, 0.5) is 5.82 Å². The molecule has 0 radical (unpaired) electrons. The van der Waals surface area contributed by atoms with Gasteiger partial charge in [0.25, 0.3) is 0 Å². The summed E-state index contributed by atoms with van der Waals surface area (Å²) in [6.07, 6.45) is 0. The number of carboxylic acids is 1. The van der Waals surface area contributed by atoms with Crippen LogP contribution in [0, 0.1) is 0 Å². The molecule has 0 atom stereocenters. The minimum atomic E-state index is -1.08. The molecule has 3 aromatic rings. The Morgan fingerprint density at radius 2 is 1.61 bits per heavy atom. The van der Waals surface area contributed by atoms with E-state index in [1.807, 2.05) is 60.7 Å². The Labute approximate surface area is 133 Å². The van der Waals surface area contributed by atoms with Gasteiger partial charge in [-0.1, -0.05) is 60.7 Å². The zero-order chi connectivity index (χ0) is 16.1. The number of carbonyl (C=O) groups is 1. The van der Waals surface area contributed by atoms with Gasteiger partial charge in [0.2, 0.25) is 0 Å². The lowest BCUT2D eigenvalue weighted by Crippen LogP contribution is -2.08. The van der Waals surface area contributed by atoms with Gasteiger partial charge in [0.15, 0.2) is 11.5 Å². The first-order chi connectivity index (χ1) is 11.2. The van der Waals surface area contributed by atoms with E-state index in [1.165, 1.54) is 6.07 Å². The van der Waals surface area contributed by atoms with Crippen molar-refractivity contribution in [3.8, 4) is 11.4 Å². The molecule has 2 aromatic carbocycles. The average molecular weight is 305 g/mol. The van der Waals surface area contributed by atoms with Crippen molar-refractivity contribution in [3.63, 3.8) is 0 Å². The highest BCUT2D eigenvalue weighted by molar-refractivity contribution is 5.87. The third kappa shape index (κ3) is 3.71. The molecular weight excluding hydrogens is 290 g/mol. The largest absolute Gasteiger partial charge is 0.477 e. The lowest BCUT2D eigenvalue weighted by Gasteiger charge is -2.09. The van der Waals surface area contributed by atoms with Crippen LogP contribution in [0.2, 0.25) is 0 Å². The van der Waals surface area contributed by atoms with Crippen LogP contribution in [0.15, 0.2) is 66.7 Å². The van der Waals surface area contributed by atoms with Crippen LogP contribution >= 0.6 is 0 Å². The van der Waals surface area contributed by atoms with Crippen molar-refractivity contribution in [2.45, 2.75) is 6.54 Å². The van der Waals surface area contributed by atoms with Gasteiger partial charge in [-0.05, 0) is 5.56 Å². The number of nitrogens with one attached hydrogen (secondary N) is 1. The molecule has 1 heterocycles. The molecule has 3 rings (SSSR count). The van der Waals surface area contributed by atoms with Crippen molar-refractivity contribution in [1.29, 1.82) is 0 Å². The summed E-state index contributed by atoms with van der Waals surface area (Å²) < 4.78 is 0. The fourth-order valence-electron chi connectivity index (χ4n) is 2.15. The first-order valence-corrected chi connectivity index (χ1v) is 7.18. The number of rotatable bonds is 5. The smallest absolute Gasteiger partial charge is 0.354 e. The standard InChI is InChI=1S/C18H15N3O2/c22-18(23)15-11-16(19-12-13-7-3-1-4-8-13)21-17(20-15)14-9-5-2-6-10-14/h1-11H,12H2,(H,22,23)(H,19,20,21). The fourth-order valence-corrected chi connectivity index (χ4v) is 2.15. The van der Waals surface area contributed by atoms with E-state index in [0.29, 0.717) is 18.2 Å². The van der Waals surface area contributed by atoms with Crippen LogP contribution in [0.1, 0.15) is 16.1 Å².